The average molecular weight is 409 g/mol. The summed E-state index contributed by atoms with van der Waals surface area (Å²) >= 11 is 0. The quantitative estimate of drug-likeness (QED) is 0.513. The molecule has 2 saturated heterocycles. The van der Waals surface area contributed by atoms with Crippen LogP contribution in [0.1, 0.15) is 31.9 Å². The van der Waals surface area contributed by atoms with Crippen LogP contribution in [0.3, 0.4) is 0 Å². The Labute approximate surface area is 177 Å². The molecule has 0 bridgehead atoms. The SMILES string of the molecule is [C-]#[N+][C@@]1(C)C[C@H]2C(=O)N(C)[C@H](C)C(=O)N2C1c1ccc(OCC=C)c(OCC=C)c1. The van der Waals surface area contributed by atoms with E-state index in [-0.39, 0.29) is 18.4 Å². The van der Waals surface area contributed by atoms with Gasteiger partial charge in [-0.25, -0.2) is 6.57 Å². The van der Waals surface area contributed by atoms with E-state index < -0.39 is 23.7 Å². The first-order valence-electron chi connectivity index (χ1n) is 9.87. The molecule has 0 saturated carbocycles. The molecule has 0 aromatic heterocycles. The van der Waals surface area contributed by atoms with E-state index in [1.54, 1.807) is 50.1 Å². The van der Waals surface area contributed by atoms with Crippen LogP contribution in [0, 0.1) is 6.57 Å². The van der Waals surface area contributed by atoms with Gasteiger partial charge in [0.15, 0.2) is 11.5 Å². The van der Waals surface area contributed by atoms with Gasteiger partial charge < -0.3 is 24.1 Å². The number of fused-ring (bicyclic) bond motifs is 1. The van der Waals surface area contributed by atoms with Crippen molar-refractivity contribution in [1.29, 1.82) is 0 Å². The summed E-state index contributed by atoms with van der Waals surface area (Å²) in [5.74, 6) is 0.744. The van der Waals surface area contributed by atoms with Crippen molar-refractivity contribution in [1.82, 2.24) is 9.80 Å². The predicted molar refractivity (Wildman–Crippen MR) is 113 cm³/mol. The van der Waals surface area contributed by atoms with Gasteiger partial charge in [0.1, 0.15) is 31.3 Å². The second kappa shape index (κ2) is 8.23. The van der Waals surface area contributed by atoms with Crippen molar-refractivity contribution in [3.63, 3.8) is 0 Å². The van der Waals surface area contributed by atoms with Gasteiger partial charge in [-0.1, -0.05) is 31.4 Å². The number of carbonyl (C=O) groups is 2. The smallest absolute Gasteiger partial charge is 0.256 e. The number of hydrogen-bond acceptors (Lipinski definition) is 4. The van der Waals surface area contributed by atoms with Gasteiger partial charge in [0, 0.05) is 14.0 Å². The minimum atomic E-state index is -0.930. The van der Waals surface area contributed by atoms with Crippen LogP contribution >= 0.6 is 0 Å². The maximum absolute atomic E-state index is 13.2. The molecule has 3 rings (SSSR count). The molecule has 2 fully saturated rings. The molecule has 2 aliphatic rings. The first kappa shape index (κ1) is 21.4. The normalized spacial score (nSPS) is 28.0. The summed E-state index contributed by atoms with van der Waals surface area (Å²) in [6.45, 7) is 19.3. The second-order valence-electron chi connectivity index (χ2n) is 7.87. The minimum absolute atomic E-state index is 0.131. The first-order valence-corrected chi connectivity index (χ1v) is 9.87. The van der Waals surface area contributed by atoms with Crippen molar-refractivity contribution in [3.8, 4) is 11.5 Å². The maximum Gasteiger partial charge on any atom is 0.256 e. The molecule has 7 nitrogen and oxygen atoms in total. The lowest BCUT2D eigenvalue weighted by atomic mass is 9.87. The lowest BCUT2D eigenvalue weighted by Gasteiger charge is -2.41. The van der Waals surface area contributed by atoms with Crippen LogP contribution in [0.25, 0.3) is 4.85 Å². The lowest BCUT2D eigenvalue weighted by Crippen LogP contribution is -2.60. The van der Waals surface area contributed by atoms with Crippen molar-refractivity contribution < 1.29 is 19.1 Å². The number of hydrogen-bond donors (Lipinski definition) is 0. The molecule has 2 amide bonds. The molecule has 1 unspecified atom stereocenters. The molecular weight excluding hydrogens is 382 g/mol. The molecule has 2 aliphatic heterocycles. The van der Waals surface area contributed by atoms with E-state index in [1.165, 1.54) is 4.90 Å². The van der Waals surface area contributed by atoms with Gasteiger partial charge >= 0.3 is 0 Å². The maximum atomic E-state index is 13.2. The van der Waals surface area contributed by atoms with Gasteiger partial charge in [-0.05, 0) is 24.6 Å². The Morgan fingerprint density at radius 1 is 1.20 bits per heavy atom. The summed E-state index contributed by atoms with van der Waals surface area (Å²) < 4.78 is 11.5. The fraction of sp³-hybridized carbons (Fsp3) is 0.435. The van der Waals surface area contributed by atoms with Crippen LogP contribution in [-0.2, 0) is 9.59 Å². The predicted octanol–water partition coefficient (Wildman–Crippen LogP) is 3.00. The van der Waals surface area contributed by atoms with E-state index in [1.807, 2.05) is 6.07 Å². The molecule has 30 heavy (non-hydrogen) atoms. The van der Waals surface area contributed by atoms with Crippen LogP contribution in [-0.4, -0.2) is 59.5 Å². The van der Waals surface area contributed by atoms with E-state index in [0.29, 0.717) is 24.5 Å². The van der Waals surface area contributed by atoms with Crippen LogP contribution in [0.5, 0.6) is 11.5 Å². The molecule has 0 N–H and O–H groups in total. The van der Waals surface area contributed by atoms with Crippen molar-refractivity contribution in [3.05, 3.63) is 60.5 Å². The third-order valence-corrected chi connectivity index (χ3v) is 5.89. The number of nitrogens with zero attached hydrogens (tertiary/aromatic N) is 3. The van der Waals surface area contributed by atoms with Gasteiger partial charge in [0.05, 0.1) is 6.42 Å². The molecule has 0 aliphatic carbocycles. The fourth-order valence-electron chi connectivity index (χ4n) is 4.23. The number of likely N-dealkylation sites (N-methyl/N-ethyl adjacent to an activating group) is 1. The Morgan fingerprint density at radius 2 is 1.83 bits per heavy atom. The number of rotatable bonds is 7. The Balaban J connectivity index is 2.08. The third-order valence-electron chi connectivity index (χ3n) is 5.89. The average Bonchev–Trinajstić information content (AvgIpc) is 3.07. The second-order valence-corrected chi connectivity index (χ2v) is 7.87. The van der Waals surface area contributed by atoms with Crippen molar-refractivity contribution in [2.45, 2.75) is 43.9 Å². The van der Waals surface area contributed by atoms with Gasteiger partial charge in [-0.3, -0.25) is 9.59 Å². The molecule has 0 radical (unpaired) electrons. The zero-order valence-corrected chi connectivity index (χ0v) is 17.6. The van der Waals surface area contributed by atoms with Gasteiger partial charge in [0.25, 0.3) is 5.54 Å². The summed E-state index contributed by atoms with van der Waals surface area (Å²) in [6.07, 6.45) is 3.56. The summed E-state index contributed by atoms with van der Waals surface area (Å²) in [4.78, 5) is 33.0. The zero-order valence-electron chi connectivity index (χ0n) is 17.6. The highest BCUT2D eigenvalue weighted by atomic mass is 16.5. The van der Waals surface area contributed by atoms with Crippen molar-refractivity contribution in [2.24, 2.45) is 0 Å². The highest BCUT2D eigenvalue weighted by molar-refractivity contribution is 5.98. The van der Waals surface area contributed by atoms with Crippen molar-refractivity contribution in [2.75, 3.05) is 20.3 Å². The number of ether oxygens (including phenoxy) is 2. The van der Waals surface area contributed by atoms with Crippen LogP contribution in [0.4, 0.5) is 0 Å². The Morgan fingerprint density at radius 3 is 2.43 bits per heavy atom. The van der Waals surface area contributed by atoms with Crippen LogP contribution < -0.4 is 9.47 Å². The number of piperazine rings is 1. The Hall–Kier alpha value is -3.27. The van der Waals surface area contributed by atoms with E-state index >= 15 is 0 Å². The molecule has 4 atom stereocenters. The third kappa shape index (κ3) is 3.43. The monoisotopic (exact) mass is 409 g/mol. The molecule has 1 aromatic carbocycles. The number of amides is 2. The molecule has 1 aromatic rings. The highest BCUT2D eigenvalue weighted by Crippen LogP contribution is 2.49. The summed E-state index contributed by atoms with van der Waals surface area (Å²) in [7, 11) is 1.64. The number of carbonyl (C=O) groups excluding carboxylic acids is 2. The van der Waals surface area contributed by atoms with Gasteiger partial charge in [0.2, 0.25) is 11.8 Å². The van der Waals surface area contributed by atoms with E-state index in [0.717, 1.165) is 5.56 Å². The molecule has 7 heteroatoms. The summed E-state index contributed by atoms with van der Waals surface area (Å²) in [6, 6.07) is 3.61. The Kier molecular flexibility index (Phi) is 5.88. The highest BCUT2D eigenvalue weighted by Gasteiger charge is 2.62. The van der Waals surface area contributed by atoms with Crippen molar-refractivity contribution >= 4 is 11.8 Å². The van der Waals surface area contributed by atoms with Crippen LogP contribution in [0.15, 0.2) is 43.5 Å². The lowest BCUT2D eigenvalue weighted by molar-refractivity contribution is -0.159. The van der Waals surface area contributed by atoms with E-state index in [2.05, 4.69) is 18.0 Å². The molecule has 2 heterocycles. The van der Waals surface area contributed by atoms with E-state index in [4.69, 9.17) is 16.0 Å². The summed E-state index contributed by atoms with van der Waals surface area (Å²) in [5.41, 5.74) is -0.195. The fourth-order valence-corrected chi connectivity index (χ4v) is 4.23. The molecular formula is C23H27N3O4. The molecule has 0 spiro atoms. The zero-order chi connectivity index (χ0) is 22.1. The molecule has 158 valence electrons. The van der Waals surface area contributed by atoms with Gasteiger partial charge in [-0.15, -0.1) is 0 Å². The topological polar surface area (TPSA) is 63.4 Å². The Bertz CT molecular complexity index is 922. The van der Waals surface area contributed by atoms with E-state index in [9.17, 15) is 9.59 Å². The first-order chi connectivity index (χ1) is 14.3. The minimum Gasteiger partial charge on any atom is -0.486 e. The summed E-state index contributed by atoms with van der Waals surface area (Å²) in [5, 5.41) is 0. The van der Waals surface area contributed by atoms with Gasteiger partial charge in [-0.2, -0.15) is 0 Å². The largest absolute Gasteiger partial charge is 0.486 e. The van der Waals surface area contributed by atoms with Crippen LogP contribution in [0.2, 0.25) is 0 Å². The standard InChI is InChI=1S/C23H27N3O4/c1-7-11-29-18-10-9-16(13-19(18)30-12-8-2)20-23(4,24-5)14-17-22(28)25(6)15(3)21(27)26(17)20/h7-10,13,15,17,20H,1-2,11-12,14H2,3-4,6H3/t15-,17+,20?,23+/m1/s1. The number of benzene rings is 1.